The second-order valence-electron chi connectivity index (χ2n) is 3.93. The molecule has 0 bridgehead atoms. The Balaban J connectivity index is 0.00000169. The molecule has 1 aromatic rings. The van der Waals surface area contributed by atoms with E-state index >= 15 is 0 Å². The van der Waals surface area contributed by atoms with Gasteiger partial charge >= 0.3 is 0 Å². The van der Waals surface area contributed by atoms with Crippen LogP contribution in [0.15, 0.2) is 35.2 Å². The highest BCUT2D eigenvalue weighted by molar-refractivity contribution is 7.92. The highest BCUT2D eigenvalue weighted by Crippen LogP contribution is 2.23. The Morgan fingerprint density at radius 1 is 1.00 bits per heavy atom. The third kappa shape index (κ3) is 2.35. The van der Waals surface area contributed by atoms with Crippen LogP contribution in [0.25, 0.3) is 0 Å². The van der Waals surface area contributed by atoms with Gasteiger partial charge in [-0.25, -0.2) is 8.42 Å². The van der Waals surface area contributed by atoms with Crippen LogP contribution in [0.3, 0.4) is 0 Å². The molecule has 0 aromatic heterocycles. The molecule has 0 heterocycles. The van der Waals surface area contributed by atoms with Gasteiger partial charge in [0, 0.05) is 0 Å². The van der Waals surface area contributed by atoms with Gasteiger partial charge in [-0.15, -0.1) is 0 Å². The van der Waals surface area contributed by atoms with Crippen LogP contribution in [0, 0.1) is 0 Å². The van der Waals surface area contributed by atoms with Crippen LogP contribution in [0.5, 0.6) is 0 Å². The second-order valence-corrected chi connectivity index (χ2v) is 6.63. The summed E-state index contributed by atoms with van der Waals surface area (Å²) < 4.78 is 23.0. The fourth-order valence-corrected chi connectivity index (χ4v) is 2.18. The van der Waals surface area contributed by atoms with Crippen molar-refractivity contribution in [3.8, 4) is 0 Å². The van der Waals surface area contributed by atoms with E-state index in [0.717, 1.165) is 0 Å². The van der Waals surface area contributed by atoms with E-state index in [9.17, 15) is 8.42 Å². The van der Waals surface area contributed by atoms with Crippen LogP contribution in [-0.2, 0) is 9.84 Å². The first-order valence-corrected chi connectivity index (χ1v) is 5.64. The van der Waals surface area contributed by atoms with Crippen molar-refractivity contribution in [1.82, 2.24) is 0 Å². The van der Waals surface area contributed by atoms with Crippen LogP contribution >= 0.6 is 0 Å². The predicted molar refractivity (Wildman–Crippen MR) is 60.1 cm³/mol. The van der Waals surface area contributed by atoms with Crippen molar-refractivity contribution in [1.29, 1.82) is 0 Å². The monoisotopic (exact) mass is 214 g/mol. The quantitative estimate of drug-likeness (QED) is 0.720. The molecule has 2 nitrogen and oxygen atoms in total. The van der Waals surface area contributed by atoms with Gasteiger partial charge in [-0.1, -0.05) is 25.6 Å². The molecule has 0 fully saturated rings. The summed E-state index contributed by atoms with van der Waals surface area (Å²) in [5.74, 6) is 0. The molecule has 0 unspecified atom stereocenters. The SMILES string of the molecule is C.CC(C)(C)S(=O)(=O)c1ccccc1. The molecule has 3 heteroatoms. The van der Waals surface area contributed by atoms with Gasteiger partial charge in [0.15, 0.2) is 9.84 Å². The Morgan fingerprint density at radius 2 is 1.43 bits per heavy atom. The van der Waals surface area contributed by atoms with Gasteiger partial charge in [-0.05, 0) is 32.9 Å². The minimum atomic E-state index is -3.18. The van der Waals surface area contributed by atoms with Crippen LogP contribution in [0.1, 0.15) is 28.2 Å². The van der Waals surface area contributed by atoms with E-state index < -0.39 is 14.6 Å². The topological polar surface area (TPSA) is 34.1 Å². The van der Waals surface area contributed by atoms with Gasteiger partial charge < -0.3 is 0 Å². The molecule has 0 aliphatic heterocycles. The van der Waals surface area contributed by atoms with Crippen molar-refractivity contribution in [3.05, 3.63) is 30.3 Å². The summed E-state index contributed by atoms with van der Waals surface area (Å²) in [6.07, 6.45) is 0. The van der Waals surface area contributed by atoms with Crippen LogP contribution in [-0.4, -0.2) is 13.2 Å². The zero-order chi connectivity index (χ0) is 10.1. The van der Waals surface area contributed by atoms with Gasteiger partial charge in [0.05, 0.1) is 9.64 Å². The number of sulfone groups is 1. The van der Waals surface area contributed by atoms with Crippen LogP contribution in [0.4, 0.5) is 0 Å². The van der Waals surface area contributed by atoms with Gasteiger partial charge in [0.1, 0.15) is 0 Å². The van der Waals surface area contributed by atoms with Crippen LogP contribution in [0.2, 0.25) is 0 Å². The normalized spacial score (nSPS) is 11.9. The standard InChI is InChI=1S/C10H14O2S.CH4/c1-10(2,3)13(11,12)9-7-5-4-6-8-9;/h4-8H,1-3H3;1H4. The maximum absolute atomic E-state index is 11.9. The molecule has 0 spiro atoms. The highest BCUT2D eigenvalue weighted by atomic mass is 32.2. The lowest BCUT2D eigenvalue weighted by molar-refractivity contribution is 0.560. The number of rotatable bonds is 1. The maximum Gasteiger partial charge on any atom is 0.183 e. The van der Waals surface area contributed by atoms with Crippen molar-refractivity contribution in [2.75, 3.05) is 0 Å². The summed E-state index contributed by atoms with van der Waals surface area (Å²) in [6.45, 7) is 5.11. The molecule has 0 saturated heterocycles. The lowest BCUT2D eigenvalue weighted by atomic mass is 10.3. The Kier molecular flexibility index (Phi) is 3.89. The summed E-state index contributed by atoms with van der Waals surface area (Å²) in [4.78, 5) is 0.391. The van der Waals surface area contributed by atoms with Gasteiger partial charge in [-0.3, -0.25) is 0 Å². The Morgan fingerprint density at radius 3 is 1.79 bits per heavy atom. The third-order valence-electron chi connectivity index (χ3n) is 1.86. The summed E-state index contributed by atoms with van der Waals surface area (Å²) in [5.41, 5.74) is 0. The third-order valence-corrected chi connectivity index (χ3v) is 4.36. The Hall–Kier alpha value is -0.830. The van der Waals surface area contributed by atoms with E-state index in [1.165, 1.54) is 0 Å². The van der Waals surface area contributed by atoms with Gasteiger partial charge in [0.25, 0.3) is 0 Å². The molecule has 14 heavy (non-hydrogen) atoms. The number of benzene rings is 1. The van der Waals surface area contributed by atoms with E-state index in [-0.39, 0.29) is 7.43 Å². The number of hydrogen-bond acceptors (Lipinski definition) is 2. The molecule has 0 saturated carbocycles. The molecular formula is C11H18O2S. The van der Waals surface area contributed by atoms with Crippen molar-refractivity contribution >= 4 is 9.84 Å². The van der Waals surface area contributed by atoms with E-state index in [1.54, 1.807) is 45.0 Å². The van der Waals surface area contributed by atoms with Crippen molar-refractivity contribution in [3.63, 3.8) is 0 Å². The molecule has 0 aliphatic rings. The molecule has 0 aliphatic carbocycles. The van der Waals surface area contributed by atoms with E-state index in [0.29, 0.717) is 4.90 Å². The molecule has 80 valence electrons. The van der Waals surface area contributed by atoms with Crippen molar-refractivity contribution in [2.24, 2.45) is 0 Å². The average Bonchev–Trinajstić information content (AvgIpc) is 2.04. The summed E-state index contributed by atoms with van der Waals surface area (Å²) in [7, 11) is -3.18. The minimum Gasteiger partial charge on any atom is -0.223 e. The number of hydrogen-bond donors (Lipinski definition) is 0. The second kappa shape index (κ2) is 4.13. The average molecular weight is 214 g/mol. The fourth-order valence-electron chi connectivity index (χ4n) is 0.953. The van der Waals surface area contributed by atoms with E-state index in [4.69, 9.17) is 0 Å². The fraction of sp³-hybridized carbons (Fsp3) is 0.455. The molecule has 0 N–H and O–H groups in total. The maximum atomic E-state index is 11.9. The molecular weight excluding hydrogens is 196 g/mol. The first-order chi connectivity index (χ1) is 5.86. The van der Waals surface area contributed by atoms with E-state index in [1.807, 2.05) is 6.07 Å². The summed E-state index contributed by atoms with van der Waals surface area (Å²) >= 11 is 0. The first-order valence-electron chi connectivity index (χ1n) is 4.15. The van der Waals surface area contributed by atoms with Gasteiger partial charge in [0.2, 0.25) is 0 Å². The van der Waals surface area contributed by atoms with Crippen LogP contribution < -0.4 is 0 Å². The van der Waals surface area contributed by atoms with Gasteiger partial charge in [-0.2, -0.15) is 0 Å². The predicted octanol–water partition coefficient (Wildman–Crippen LogP) is 2.89. The first kappa shape index (κ1) is 13.2. The zero-order valence-electron chi connectivity index (χ0n) is 8.11. The molecule has 0 amide bonds. The molecule has 1 rings (SSSR count). The van der Waals surface area contributed by atoms with E-state index in [2.05, 4.69) is 0 Å². The summed E-state index contributed by atoms with van der Waals surface area (Å²) in [6, 6.07) is 8.53. The lowest BCUT2D eigenvalue weighted by Crippen LogP contribution is -2.27. The largest absolute Gasteiger partial charge is 0.223 e. The van der Waals surface area contributed by atoms with Crippen molar-refractivity contribution in [2.45, 2.75) is 37.8 Å². The molecule has 1 aromatic carbocycles. The van der Waals surface area contributed by atoms with Crippen molar-refractivity contribution < 1.29 is 8.42 Å². The smallest absolute Gasteiger partial charge is 0.183 e. The zero-order valence-corrected chi connectivity index (χ0v) is 8.93. The Labute approximate surface area is 86.9 Å². The molecule has 0 radical (unpaired) electrons. The molecule has 0 atom stereocenters. The highest BCUT2D eigenvalue weighted by Gasteiger charge is 2.30. The lowest BCUT2D eigenvalue weighted by Gasteiger charge is -2.18. The minimum absolute atomic E-state index is 0. The Bertz CT molecular complexity index is 371. The summed E-state index contributed by atoms with van der Waals surface area (Å²) in [5, 5.41) is 0.